The van der Waals surface area contributed by atoms with Gasteiger partial charge in [-0.2, -0.15) is 11.8 Å². The van der Waals surface area contributed by atoms with Crippen molar-refractivity contribution in [2.75, 3.05) is 19.3 Å². The third kappa shape index (κ3) is 3.80. The van der Waals surface area contributed by atoms with Crippen LogP contribution in [-0.4, -0.2) is 30.0 Å². The van der Waals surface area contributed by atoms with Gasteiger partial charge in [0.25, 0.3) is 5.91 Å². The summed E-state index contributed by atoms with van der Waals surface area (Å²) in [6.07, 6.45) is 5.32. The zero-order chi connectivity index (χ0) is 15.3. The van der Waals surface area contributed by atoms with Gasteiger partial charge in [0, 0.05) is 23.4 Å². The van der Waals surface area contributed by atoms with E-state index in [1.807, 2.05) is 23.9 Å². The molecule has 2 rings (SSSR count). The zero-order valence-corrected chi connectivity index (χ0v) is 14.1. The molecule has 0 aromatic heterocycles. The lowest BCUT2D eigenvalue weighted by molar-refractivity contribution is 0.0949. The van der Waals surface area contributed by atoms with Crippen molar-refractivity contribution in [2.24, 2.45) is 0 Å². The maximum atomic E-state index is 12.4. The molecule has 0 saturated heterocycles. The van der Waals surface area contributed by atoms with E-state index in [4.69, 9.17) is 0 Å². The first-order valence-electron chi connectivity index (χ1n) is 7.80. The standard InChI is InChI=1S/C17H26N2OS/c1-4-17(5-2,21-3)12-19-16(20)14-7-6-13-8-9-18-11-15(13)10-14/h6-7,10,18H,4-5,8-9,11-12H2,1-3H3,(H,19,20). The van der Waals surface area contributed by atoms with Crippen LogP contribution < -0.4 is 10.6 Å². The molecular formula is C17H26N2OS. The molecule has 1 aromatic carbocycles. The third-order valence-corrected chi connectivity index (χ3v) is 6.24. The maximum Gasteiger partial charge on any atom is 0.251 e. The highest BCUT2D eigenvalue weighted by molar-refractivity contribution is 8.00. The first-order valence-corrected chi connectivity index (χ1v) is 9.02. The van der Waals surface area contributed by atoms with E-state index < -0.39 is 0 Å². The van der Waals surface area contributed by atoms with Gasteiger partial charge in [0.1, 0.15) is 0 Å². The molecule has 2 N–H and O–H groups in total. The number of hydrogen-bond acceptors (Lipinski definition) is 3. The molecule has 0 saturated carbocycles. The number of nitrogens with one attached hydrogen (secondary N) is 2. The van der Waals surface area contributed by atoms with Crippen molar-refractivity contribution in [3.63, 3.8) is 0 Å². The van der Waals surface area contributed by atoms with Crippen molar-refractivity contribution in [1.82, 2.24) is 10.6 Å². The van der Waals surface area contributed by atoms with Gasteiger partial charge >= 0.3 is 0 Å². The largest absolute Gasteiger partial charge is 0.351 e. The lowest BCUT2D eigenvalue weighted by Crippen LogP contribution is -2.39. The van der Waals surface area contributed by atoms with Gasteiger partial charge in [-0.15, -0.1) is 0 Å². The molecule has 0 spiro atoms. The van der Waals surface area contributed by atoms with Crippen LogP contribution in [-0.2, 0) is 13.0 Å². The predicted octanol–water partition coefficient (Wildman–Crippen LogP) is 2.98. The summed E-state index contributed by atoms with van der Waals surface area (Å²) in [6.45, 7) is 7.01. The summed E-state index contributed by atoms with van der Waals surface area (Å²) in [5.41, 5.74) is 3.40. The number of hydrogen-bond donors (Lipinski definition) is 2. The Morgan fingerprint density at radius 1 is 1.33 bits per heavy atom. The van der Waals surface area contributed by atoms with Crippen LogP contribution in [0, 0.1) is 0 Å². The van der Waals surface area contributed by atoms with Crippen LogP contribution in [0.4, 0.5) is 0 Å². The third-order valence-electron chi connectivity index (χ3n) is 4.65. The fraction of sp³-hybridized carbons (Fsp3) is 0.588. The summed E-state index contributed by atoms with van der Waals surface area (Å²) in [4.78, 5) is 12.4. The average Bonchev–Trinajstić information content (AvgIpc) is 2.56. The molecule has 1 aliphatic rings. The van der Waals surface area contributed by atoms with Crippen LogP contribution in [0.5, 0.6) is 0 Å². The molecule has 1 aliphatic heterocycles. The van der Waals surface area contributed by atoms with Crippen molar-refractivity contribution in [2.45, 2.75) is 44.4 Å². The molecular weight excluding hydrogens is 280 g/mol. The Balaban J connectivity index is 2.03. The van der Waals surface area contributed by atoms with Gasteiger partial charge in [-0.1, -0.05) is 19.9 Å². The Hall–Kier alpha value is -1.00. The first-order chi connectivity index (χ1) is 10.1. The molecule has 0 radical (unpaired) electrons. The SMILES string of the molecule is CCC(CC)(CNC(=O)c1ccc2c(c1)CNCC2)SC. The molecule has 1 amide bonds. The van der Waals surface area contributed by atoms with E-state index in [-0.39, 0.29) is 10.7 Å². The van der Waals surface area contributed by atoms with Gasteiger partial charge in [-0.3, -0.25) is 4.79 Å². The molecule has 0 bridgehead atoms. The van der Waals surface area contributed by atoms with Crippen molar-refractivity contribution in [3.05, 3.63) is 34.9 Å². The minimum Gasteiger partial charge on any atom is -0.351 e. The van der Waals surface area contributed by atoms with E-state index in [0.717, 1.165) is 44.5 Å². The Morgan fingerprint density at radius 2 is 2.10 bits per heavy atom. The quantitative estimate of drug-likeness (QED) is 0.849. The molecule has 0 unspecified atom stereocenters. The molecule has 0 atom stereocenters. The molecule has 1 aromatic rings. The monoisotopic (exact) mass is 306 g/mol. The second kappa shape index (κ2) is 7.32. The van der Waals surface area contributed by atoms with Crippen LogP contribution in [0.2, 0.25) is 0 Å². The van der Waals surface area contributed by atoms with Crippen molar-refractivity contribution >= 4 is 17.7 Å². The van der Waals surface area contributed by atoms with Gasteiger partial charge in [0.05, 0.1) is 0 Å². The van der Waals surface area contributed by atoms with Crippen molar-refractivity contribution in [3.8, 4) is 0 Å². The topological polar surface area (TPSA) is 41.1 Å². The second-order valence-corrected chi connectivity index (χ2v) is 6.96. The number of benzene rings is 1. The second-order valence-electron chi connectivity index (χ2n) is 5.69. The smallest absolute Gasteiger partial charge is 0.251 e. The lowest BCUT2D eigenvalue weighted by atomic mass is 9.98. The van der Waals surface area contributed by atoms with E-state index in [9.17, 15) is 4.79 Å². The van der Waals surface area contributed by atoms with Crippen LogP contribution in [0.15, 0.2) is 18.2 Å². The van der Waals surface area contributed by atoms with Crippen molar-refractivity contribution in [1.29, 1.82) is 0 Å². The summed E-state index contributed by atoms with van der Waals surface area (Å²) >= 11 is 1.85. The number of carbonyl (C=O) groups excluding carboxylic acids is 1. The van der Waals surface area contributed by atoms with Gasteiger partial charge in [-0.25, -0.2) is 0 Å². The number of rotatable bonds is 6. The number of thioether (sulfide) groups is 1. The molecule has 0 aliphatic carbocycles. The van der Waals surface area contributed by atoms with Crippen molar-refractivity contribution < 1.29 is 4.79 Å². The van der Waals surface area contributed by atoms with E-state index in [0.29, 0.717) is 0 Å². The highest BCUT2D eigenvalue weighted by Gasteiger charge is 2.25. The van der Waals surface area contributed by atoms with Gasteiger partial charge in [0.15, 0.2) is 0 Å². The fourth-order valence-electron chi connectivity index (χ4n) is 2.83. The fourth-order valence-corrected chi connectivity index (χ4v) is 3.62. The summed E-state index contributed by atoms with van der Waals surface area (Å²) in [7, 11) is 0. The number of amides is 1. The Bertz CT molecular complexity index is 489. The molecule has 1 heterocycles. The molecule has 4 heteroatoms. The van der Waals surface area contributed by atoms with Crippen LogP contribution in [0.3, 0.4) is 0 Å². The van der Waals surface area contributed by atoms with Crippen LogP contribution in [0.1, 0.15) is 48.2 Å². The first kappa shape index (κ1) is 16.4. The molecule has 3 nitrogen and oxygen atoms in total. The van der Waals surface area contributed by atoms with Crippen LogP contribution >= 0.6 is 11.8 Å². The summed E-state index contributed by atoms with van der Waals surface area (Å²) in [6, 6.07) is 6.10. The average molecular weight is 306 g/mol. The van der Waals surface area contributed by atoms with E-state index in [1.165, 1.54) is 11.1 Å². The summed E-state index contributed by atoms with van der Waals surface area (Å²) < 4.78 is 0.158. The zero-order valence-electron chi connectivity index (χ0n) is 13.3. The van der Waals surface area contributed by atoms with Gasteiger partial charge in [0.2, 0.25) is 0 Å². The highest BCUT2D eigenvalue weighted by Crippen LogP contribution is 2.29. The molecule has 21 heavy (non-hydrogen) atoms. The Morgan fingerprint density at radius 3 is 2.76 bits per heavy atom. The molecule has 116 valence electrons. The highest BCUT2D eigenvalue weighted by atomic mass is 32.2. The Kier molecular flexibility index (Phi) is 5.71. The normalized spacial score (nSPS) is 14.6. The van der Waals surface area contributed by atoms with E-state index in [1.54, 1.807) is 0 Å². The summed E-state index contributed by atoms with van der Waals surface area (Å²) in [5.74, 6) is 0.0451. The van der Waals surface area contributed by atoms with Gasteiger partial charge < -0.3 is 10.6 Å². The predicted molar refractivity (Wildman–Crippen MR) is 91.0 cm³/mol. The van der Waals surface area contributed by atoms with Crippen LogP contribution in [0.25, 0.3) is 0 Å². The maximum absolute atomic E-state index is 12.4. The number of fused-ring (bicyclic) bond motifs is 1. The minimum absolute atomic E-state index is 0.0451. The van der Waals surface area contributed by atoms with E-state index in [2.05, 4.69) is 36.8 Å². The molecule has 0 fully saturated rings. The Labute approximate surface area is 132 Å². The summed E-state index contributed by atoms with van der Waals surface area (Å²) in [5, 5.41) is 6.47. The van der Waals surface area contributed by atoms with Gasteiger partial charge in [-0.05, 0) is 55.3 Å². The minimum atomic E-state index is 0.0451. The number of carbonyl (C=O) groups is 1. The lowest BCUT2D eigenvalue weighted by Gasteiger charge is -2.29. The van der Waals surface area contributed by atoms with E-state index >= 15 is 0 Å².